The van der Waals surface area contributed by atoms with Crippen molar-refractivity contribution >= 4 is 41.1 Å². The number of methoxy groups -OCH3 is 3. The first-order chi connectivity index (χ1) is 26.0. The van der Waals surface area contributed by atoms with Crippen LogP contribution in [0.1, 0.15) is 67.3 Å². The average molecular weight is 794 g/mol. The Morgan fingerprint density at radius 3 is 2.02 bits per heavy atom. The Morgan fingerprint density at radius 2 is 1.48 bits per heavy atom. The summed E-state index contributed by atoms with van der Waals surface area (Å²) >= 11 is 12.8. The molecule has 13 nitrogen and oxygen atoms in total. The molecule has 3 amide bonds. The van der Waals surface area contributed by atoms with Crippen LogP contribution in [0.3, 0.4) is 0 Å². The number of urea groups is 1. The van der Waals surface area contributed by atoms with Gasteiger partial charge in [0.2, 0.25) is 5.75 Å². The Morgan fingerprint density at radius 1 is 0.852 bits per heavy atom. The second kappa shape index (κ2) is 18.9. The molecule has 0 radical (unpaired) electrons. The van der Waals surface area contributed by atoms with E-state index in [1.54, 1.807) is 28.0 Å². The number of nitrogens with two attached hydrogens (primary N) is 1. The van der Waals surface area contributed by atoms with Crippen molar-refractivity contribution in [3.05, 3.63) is 51.5 Å². The van der Waals surface area contributed by atoms with Crippen LogP contribution < -0.4 is 19.9 Å². The number of rotatable bonds is 10. The number of benzene rings is 2. The number of ether oxygens (including phenoxy) is 5. The third-order valence-corrected chi connectivity index (χ3v) is 12.3. The van der Waals surface area contributed by atoms with E-state index in [9.17, 15) is 19.5 Å². The third kappa shape index (κ3) is 9.47. The van der Waals surface area contributed by atoms with Crippen LogP contribution in [0, 0.1) is 11.3 Å². The summed E-state index contributed by atoms with van der Waals surface area (Å²) in [7, 11) is 4.56. The maximum atomic E-state index is 14.0. The molecule has 0 unspecified atom stereocenters. The molecule has 2 aromatic rings. The minimum atomic E-state index is -0.840. The summed E-state index contributed by atoms with van der Waals surface area (Å²) in [6.45, 7) is 5.66. The number of carbonyl (C=O) groups excluding carboxylic acids is 2. The minimum absolute atomic E-state index is 0.182. The van der Waals surface area contributed by atoms with Crippen molar-refractivity contribution in [3.63, 3.8) is 0 Å². The molecular formula is C39H54Cl2N4O9. The van der Waals surface area contributed by atoms with E-state index < -0.39 is 17.0 Å². The highest BCUT2D eigenvalue weighted by molar-refractivity contribution is 6.42. The second-order valence-corrected chi connectivity index (χ2v) is 15.3. The van der Waals surface area contributed by atoms with Gasteiger partial charge in [0.25, 0.3) is 5.91 Å². The zero-order chi connectivity index (χ0) is 38.9. The molecule has 4 aliphatic rings. The normalized spacial score (nSPS) is 22.1. The highest BCUT2D eigenvalue weighted by Crippen LogP contribution is 2.47. The van der Waals surface area contributed by atoms with E-state index >= 15 is 0 Å². The molecule has 3 N–H and O–H groups in total. The van der Waals surface area contributed by atoms with Gasteiger partial charge >= 0.3 is 12.0 Å². The van der Waals surface area contributed by atoms with Crippen LogP contribution >= 0.6 is 23.2 Å². The van der Waals surface area contributed by atoms with Crippen molar-refractivity contribution in [1.82, 2.24) is 14.7 Å². The van der Waals surface area contributed by atoms with Crippen LogP contribution in [0.5, 0.6) is 17.2 Å². The highest BCUT2D eigenvalue weighted by atomic mass is 35.5. The quantitative estimate of drug-likeness (QED) is 0.297. The number of piperidine rings is 1. The molecule has 0 bridgehead atoms. The lowest BCUT2D eigenvalue weighted by Crippen LogP contribution is -2.54. The molecule has 1 atom stereocenters. The number of carboxylic acid groups (broad SMARTS) is 1. The molecule has 298 valence electrons. The lowest BCUT2D eigenvalue weighted by Gasteiger charge is -2.47. The summed E-state index contributed by atoms with van der Waals surface area (Å²) in [5, 5.41) is 11.2. The van der Waals surface area contributed by atoms with Crippen molar-refractivity contribution in [3.8, 4) is 17.2 Å². The van der Waals surface area contributed by atoms with Crippen LogP contribution in [-0.2, 0) is 19.9 Å². The number of carboxylic acids is 1. The lowest BCUT2D eigenvalue weighted by atomic mass is 9.64. The van der Waals surface area contributed by atoms with Crippen molar-refractivity contribution < 1.29 is 43.2 Å². The van der Waals surface area contributed by atoms with Gasteiger partial charge in [0.15, 0.2) is 11.5 Å². The first-order valence-electron chi connectivity index (χ1n) is 18.7. The molecular weight excluding hydrogens is 739 g/mol. The molecule has 0 aromatic heterocycles. The first kappa shape index (κ1) is 41.7. The maximum Gasteiger partial charge on any atom is 0.314 e. The molecule has 3 saturated heterocycles. The summed E-state index contributed by atoms with van der Waals surface area (Å²) in [4.78, 5) is 42.7. The van der Waals surface area contributed by atoms with E-state index in [-0.39, 0.29) is 17.9 Å². The van der Waals surface area contributed by atoms with E-state index in [4.69, 9.17) is 52.6 Å². The number of morpholine rings is 2. The number of hydrogen-bond donors (Lipinski definition) is 2. The molecule has 6 rings (SSSR count). The summed E-state index contributed by atoms with van der Waals surface area (Å²) in [5.41, 5.74) is 4.78. The van der Waals surface area contributed by atoms with E-state index in [0.717, 1.165) is 31.2 Å². The average Bonchev–Trinajstić information content (AvgIpc) is 3.21. The number of likely N-dealkylation sites (tertiary alicyclic amines) is 1. The molecule has 3 aliphatic heterocycles. The molecule has 2 aromatic carbocycles. The van der Waals surface area contributed by atoms with Crippen molar-refractivity contribution in [2.75, 3.05) is 87.0 Å². The van der Waals surface area contributed by atoms with E-state index in [1.165, 1.54) is 27.8 Å². The van der Waals surface area contributed by atoms with Gasteiger partial charge in [-0.2, -0.15) is 0 Å². The number of amides is 3. The standard InChI is InChI=1S/C34H44Cl2N2O7.C5H10N2O2/c1-42-28-19-23(20-29(43-2)30(28)44-3)31(39)38-17-18-45-34(22-38,25-9-10-26(35)27(36)21-25)13-16-37-14-11-33(12-15-37,32(40)41)24-7-5-4-6-8-24;6-5(8)7-1-3-9-4-2-7/h9-10,19-21,24H,4-8,11-18,22H2,1-3H3,(H,40,41);1-4H2,(H2,6,8)/t34-;/m0./s1. The Kier molecular flexibility index (Phi) is 14.6. The van der Waals surface area contributed by atoms with Gasteiger partial charge in [0, 0.05) is 31.7 Å². The lowest BCUT2D eigenvalue weighted by molar-refractivity contribution is -0.158. The first-order valence-corrected chi connectivity index (χ1v) is 19.5. The Balaban J connectivity index is 0.000000546. The highest BCUT2D eigenvalue weighted by Gasteiger charge is 2.48. The van der Waals surface area contributed by atoms with Crippen LogP contribution in [0.15, 0.2) is 30.3 Å². The summed E-state index contributed by atoms with van der Waals surface area (Å²) in [5.74, 6) is 0.655. The smallest absolute Gasteiger partial charge is 0.314 e. The van der Waals surface area contributed by atoms with Gasteiger partial charge in [-0.3, -0.25) is 9.59 Å². The van der Waals surface area contributed by atoms with Crippen LogP contribution in [0.4, 0.5) is 4.79 Å². The largest absolute Gasteiger partial charge is 0.493 e. The fourth-order valence-electron chi connectivity index (χ4n) is 8.34. The van der Waals surface area contributed by atoms with Crippen LogP contribution in [0.2, 0.25) is 10.0 Å². The van der Waals surface area contributed by atoms with Gasteiger partial charge in [-0.1, -0.05) is 48.5 Å². The molecule has 1 saturated carbocycles. The number of halogens is 2. The number of hydrogen-bond acceptors (Lipinski definition) is 9. The van der Waals surface area contributed by atoms with E-state index in [1.807, 2.05) is 12.1 Å². The van der Waals surface area contributed by atoms with Gasteiger partial charge in [-0.15, -0.1) is 0 Å². The molecule has 0 spiro atoms. The van der Waals surface area contributed by atoms with Gasteiger partial charge < -0.3 is 49.2 Å². The Bertz CT molecular complexity index is 1590. The minimum Gasteiger partial charge on any atom is -0.493 e. The second-order valence-electron chi connectivity index (χ2n) is 14.4. The van der Waals surface area contributed by atoms with Gasteiger partial charge in [-0.25, -0.2) is 4.79 Å². The molecule has 4 fully saturated rings. The van der Waals surface area contributed by atoms with E-state index in [0.29, 0.717) is 118 Å². The predicted octanol–water partition coefficient (Wildman–Crippen LogP) is 5.92. The number of primary amides is 1. The molecule has 1 aliphatic carbocycles. The van der Waals surface area contributed by atoms with Crippen molar-refractivity contribution in [2.45, 2.75) is 57.0 Å². The monoisotopic (exact) mass is 792 g/mol. The SMILES string of the molecule is COc1cc(C(=O)N2CCO[C@](CCN3CCC(C(=O)O)(C4CCCCC4)CC3)(c3ccc(Cl)c(Cl)c3)C2)cc(OC)c1OC.NC(=O)N1CCOCC1. The number of carbonyl (C=O) groups is 3. The van der Waals surface area contributed by atoms with Crippen LogP contribution in [0.25, 0.3) is 0 Å². The topological polar surface area (TPSA) is 153 Å². The maximum absolute atomic E-state index is 14.0. The zero-order valence-electron chi connectivity index (χ0n) is 31.6. The molecule has 54 heavy (non-hydrogen) atoms. The fraction of sp³-hybridized carbons (Fsp3) is 0.615. The number of aliphatic carboxylic acids is 1. The predicted molar refractivity (Wildman–Crippen MR) is 205 cm³/mol. The summed E-state index contributed by atoms with van der Waals surface area (Å²) in [6, 6.07) is 8.47. The van der Waals surface area contributed by atoms with Crippen molar-refractivity contribution in [1.29, 1.82) is 0 Å². The van der Waals surface area contributed by atoms with Gasteiger partial charge in [0.1, 0.15) is 5.60 Å². The van der Waals surface area contributed by atoms with E-state index in [2.05, 4.69) is 4.90 Å². The van der Waals surface area contributed by atoms with Crippen molar-refractivity contribution in [2.24, 2.45) is 17.1 Å². The molecule has 3 heterocycles. The zero-order valence-corrected chi connectivity index (χ0v) is 33.1. The third-order valence-electron chi connectivity index (χ3n) is 11.5. The Labute approximate surface area is 327 Å². The fourth-order valence-corrected chi connectivity index (χ4v) is 8.64. The van der Waals surface area contributed by atoms with Gasteiger partial charge in [0.05, 0.1) is 63.2 Å². The van der Waals surface area contributed by atoms with Gasteiger partial charge in [-0.05, 0) is 80.9 Å². The Hall–Kier alpha value is -3.49. The molecule has 15 heteroatoms. The summed E-state index contributed by atoms with van der Waals surface area (Å²) < 4.78 is 28.0. The number of nitrogens with zero attached hydrogens (tertiary/aromatic N) is 3. The summed E-state index contributed by atoms with van der Waals surface area (Å²) in [6.07, 6.45) is 7.36. The van der Waals surface area contributed by atoms with Crippen LogP contribution in [-0.4, -0.2) is 125 Å².